The number of halogens is 3. The van der Waals surface area contributed by atoms with Crippen molar-refractivity contribution < 1.29 is 17.9 Å². The Balaban J connectivity index is 1.51. The molecule has 0 unspecified atom stereocenters. The van der Waals surface area contributed by atoms with Gasteiger partial charge in [-0.25, -0.2) is 8.42 Å². The van der Waals surface area contributed by atoms with E-state index in [9.17, 15) is 13.2 Å². The third-order valence-electron chi connectivity index (χ3n) is 7.17. The Hall–Kier alpha value is -1.51. The molecule has 1 amide bonds. The molecule has 0 radical (unpaired) electrons. The summed E-state index contributed by atoms with van der Waals surface area (Å²) in [4.78, 5) is 15.3. The first-order valence-corrected chi connectivity index (χ1v) is 14.8. The van der Waals surface area contributed by atoms with Gasteiger partial charge in [0.1, 0.15) is 5.75 Å². The molecule has 2 aliphatic heterocycles. The highest BCUT2D eigenvalue weighted by atomic mass is 35.5. The molecule has 0 bridgehead atoms. The van der Waals surface area contributed by atoms with Crippen LogP contribution in [0.4, 0.5) is 0 Å². The molecule has 2 fully saturated rings. The number of benzene rings is 2. The number of rotatable bonds is 7. The zero-order chi connectivity index (χ0) is 25.9. The quantitative estimate of drug-likeness (QED) is 0.395. The topological polar surface area (TPSA) is 66.9 Å². The molecule has 2 aliphatic rings. The van der Waals surface area contributed by atoms with E-state index >= 15 is 0 Å². The minimum absolute atomic E-state index is 0.0739. The Bertz CT molecular complexity index is 1190. The van der Waals surface area contributed by atoms with E-state index in [-0.39, 0.29) is 33.9 Å². The Morgan fingerprint density at radius 3 is 2.19 bits per heavy atom. The minimum atomic E-state index is -3.77. The van der Waals surface area contributed by atoms with E-state index in [0.29, 0.717) is 36.6 Å². The maximum Gasteiger partial charge on any atom is 0.243 e. The van der Waals surface area contributed by atoms with Crippen molar-refractivity contribution in [2.45, 2.75) is 50.3 Å². The summed E-state index contributed by atoms with van der Waals surface area (Å²) >= 11 is 18.3. The number of hydrogen-bond donors (Lipinski definition) is 0. The number of carbonyl (C=O) groups excluding carboxylic acids is 1. The molecular formula is C26H31Cl3N2O4S. The number of carbonyl (C=O) groups is 1. The molecule has 6 nitrogen and oxygen atoms in total. The van der Waals surface area contributed by atoms with Crippen LogP contribution < -0.4 is 4.74 Å². The molecule has 0 aliphatic carbocycles. The van der Waals surface area contributed by atoms with Crippen LogP contribution in [-0.4, -0.2) is 56.3 Å². The average Bonchev–Trinajstić information content (AvgIpc) is 2.85. The van der Waals surface area contributed by atoms with Crippen LogP contribution in [0.1, 0.15) is 44.1 Å². The van der Waals surface area contributed by atoms with Gasteiger partial charge < -0.3 is 9.64 Å². The summed E-state index contributed by atoms with van der Waals surface area (Å²) in [6, 6.07) is 9.82. The molecule has 0 aromatic heterocycles. The molecule has 36 heavy (non-hydrogen) atoms. The Morgan fingerprint density at radius 2 is 1.58 bits per heavy atom. The number of aryl methyl sites for hydroxylation is 1. The van der Waals surface area contributed by atoms with Crippen molar-refractivity contribution in [3.63, 3.8) is 0 Å². The van der Waals surface area contributed by atoms with E-state index in [4.69, 9.17) is 39.5 Å². The molecule has 4 rings (SSSR count). The maximum absolute atomic E-state index is 13.3. The van der Waals surface area contributed by atoms with Gasteiger partial charge in [0.25, 0.3) is 0 Å². The van der Waals surface area contributed by atoms with Gasteiger partial charge in [-0.15, -0.1) is 0 Å². The van der Waals surface area contributed by atoms with Gasteiger partial charge in [0.2, 0.25) is 15.9 Å². The molecule has 0 N–H and O–H groups in total. The highest BCUT2D eigenvalue weighted by molar-refractivity contribution is 7.89. The highest BCUT2D eigenvalue weighted by Crippen LogP contribution is 2.39. The molecule has 2 saturated heterocycles. The predicted octanol–water partition coefficient (Wildman–Crippen LogP) is 6.21. The summed E-state index contributed by atoms with van der Waals surface area (Å²) in [7, 11) is -3.77. The number of hydrogen-bond acceptors (Lipinski definition) is 4. The van der Waals surface area contributed by atoms with Crippen LogP contribution in [0.5, 0.6) is 5.75 Å². The summed E-state index contributed by atoms with van der Waals surface area (Å²) in [6.07, 6.45) is 4.53. The van der Waals surface area contributed by atoms with Crippen molar-refractivity contribution in [1.29, 1.82) is 0 Å². The van der Waals surface area contributed by atoms with Crippen molar-refractivity contribution in [3.05, 3.63) is 57.0 Å². The van der Waals surface area contributed by atoms with Crippen LogP contribution in [0.25, 0.3) is 0 Å². The highest BCUT2D eigenvalue weighted by Gasteiger charge is 2.41. The molecular weight excluding hydrogens is 543 g/mol. The first kappa shape index (κ1) is 27.5. The van der Waals surface area contributed by atoms with Crippen LogP contribution in [0.3, 0.4) is 0 Å². The van der Waals surface area contributed by atoms with Gasteiger partial charge in [0.05, 0.1) is 11.5 Å². The van der Waals surface area contributed by atoms with Crippen LogP contribution in [0, 0.1) is 12.3 Å². The summed E-state index contributed by atoms with van der Waals surface area (Å²) < 4.78 is 34.2. The molecule has 0 saturated carbocycles. The lowest BCUT2D eigenvalue weighted by Crippen LogP contribution is -2.48. The van der Waals surface area contributed by atoms with Crippen molar-refractivity contribution in [3.8, 4) is 5.75 Å². The van der Waals surface area contributed by atoms with E-state index < -0.39 is 15.4 Å². The standard InChI is InChI=1S/C26H31Cl3N2O4S/c1-19-13-22(5-6-24(19)29)35-18-26(17-25(32)30-9-3-2-4-10-30)7-11-31(12-8-26)36(33,34)23-15-20(27)14-21(28)16-23/h5-6,13-16H,2-4,7-12,17-18H2,1H3. The summed E-state index contributed by atoms with van der Waals surface area (Å²) in [6.45, 7) is 4.36. The van der Waals surface area contributed by atoms with E-state index in [2.05, 4.69) is 0 Å². The zero-order valence-electron chi connectivity index (χ0n) is 20.3. The molecule has 196 valence electrons. The summed E-state index contributed by atoms with van der Waals surface area (Å²) in [5.74, 6) is 0.800. The molecule has 0 spiro atoms. The summed E-state index contributed by atoms with van der Waals surface area (Å²) in [5.41, 5.74) is 0.439. The fraction of sp³-hybridized carbons (Fsp3) is 0.500. The second-order valence-electron chi connectivity index (χ2n) is 9.83. The molecule has 2 aromatic carbocycles. The number of ether oxygens (including phenoxy) is 1. The Kier molecular flexibility index (Phi) is 8.78. The first-order valence-electron chi connectivity index (χ1n) is 12.2. The van der Waals surface area contributed by atoms with Gasteiger partial charge in [-0.2, -0.15) is 4.31 Å². The van der Waals surface area contributed by atoms with Crippen molar-refractivity contribution in [1.82, 2.24) is 9.21 Å². The largest absolute Gasteiger partial charge is 0.493 e. The second-order valence-corrected chi connectivity index (χ2v) is 13.0. The lowest BCUT2D eigenvalue weighted by atomic mass is 9.76. The molecule has 0 atom stereocenters. The molecule has 10 heteroatoms. The SMILES string of the molecule is Cc1cc(OCC2(CC(=O)N3CCCCC3)CCN(S(=O)(=O)c3cc(Cl)cc(Cl)c3)CC2)ccc1Cl. The van der Waals surface area contributed by atoms with Crippen molar-refractivity contribution >= 4 is 50.7 Å². The average molecular weight is 574 g/mol. The van der Waals surface area contributed by atoms with Gasteiger partial charge >= 0.3 is 0 Å². The third kappa shape index (κ3) is 6.48. The lowest BCUT2D eigenvalue weighted by molar-refractivity contribution is -0.136. The number of piperidine rings is 2. The third-order valence-corrected chi connectivity index (χ3v) is 9.90. The van der Waals surface area contributed by atoms with Crippen molar-refractivity contribution in [2.24, 2.45) is 5.41 Å². The maximum atomic E-state index is 13.3. The normalized spacial score (nSPS) is 18.7. The number of amides is 1. The number of likely N-dealkylation sites (tertiary alicyclic amines) is 1. The predicted molar refractivity (Wildman–Crippen MR) is 144 cm³/mol. The van der Waals surface area contributed by atoms with Gasteiger partial charge in [0.15, 0.2) is 0 Å². The van der Waals surface area contributed by atoms with Gasteiger partial charge in [-0.1, -0.05) is 34.8 Å². The molecule has 2 heterocycles. The fourth-order valence-corrected chi connectivity index (χ4v) is 7.21. The fourth-order valence-electron chi connectivity index (χ4n) is 4.92. The first-order chi connectivity index (χ1) is 17.1. The Labute approximate surface area is 228 Å². The number of sulfonamides is 1. The summed E-state index contributed by atoms with van der Waals surface area (Å²) in [5, 5.41) is 1.20. The van der Waals surface area contributed by atoms with Crippen molar-refractivity contribution in [2.75, 3.05) is 32.8 Å². The van der Waals surface area contributed by atoms with E-state index in [1.54, 1.807) is 6.07 Å². The number of nitrogens with zero attached hydrogens (tertiary/aromatic N) is 2. The van der Waals surface area contributed by atoms with Gasteiger partial charge in [-0.05, 0) is 81.0 Å². The smallest absolute Gasteiger partial charge is 0.243 e. The Morgan fingerprint density at radius 1 is 0.944 bits per heavy atom. The minimum Gasteiger partial charge on any atom is -0.493 e. The lowest BCUT2D eigenvalue weighted by Gasteiger charge is -2.42. The van der Waals surface area contributed by atoms with Crippen LogP contribution in [0.15, 0.2) is 41.3 Å². The zero-order valence-corrected chi connectivity index (χ0v) is 23.4. The van der Waals surface area contributed by atoms with Gasteiger partial charge in [-0.3, -0.25) is 4.79 Å². The van der Waals surface area contributed by atoms with E-state index in [1.807, 2.05) is 24.0 Å². The van der Waals surface area contributed by atoms with Crippen LogP contribution in [0.2, 0.25) is 15.1 Å². The second kappa shape index (κ2) is 11.5. The van der Waals surface area contributed by atoms with Gasteiger partial charge in [0, 0.05) is 53.1 Å². The van der Waals surface area contributed by atoms with Crippen LogP contribution in [-0.2, 0) is 14.8 Å². The molecule has 2 aromatic rings. The van der Waals surface area contributed by atoms with E-state index in [1.165, 1.54) is 22.5 Å². The van der Waals surface area contributed by atoms with Crippen LogP contribution >= 0.6 is 34.8 Å². The van der Waals surface area contributed by atoms with E-state index in [0.717, 1.165) is 37.9 Å². The monoisotopic (exact) mass is 572 g/mol.